The van der Waals surface area contributed by atoms with Gasteiger partial charge in [-0.15, -0.1) is 0 Å². The zero-order chi connectivity index (χ0) is 18.5. The van der Waals surface area contributed by atoms with Gasteiger partial charge in [0, 0.05) is 0 Å². The van der Waals surface area contributed by atoms with Crippen molar-refractivity contribution in [1.82, 2.24) is 9.97 Å². The molecule has 1 rings (SSSR count). The Labute approximate surface area is 143 Å². The summed E-state index contributed by atoms with van der Waals surface area (Å²) in [5.41, 5.74) is -0.713. The molecule has 0 aliphatic rings. The van der Waals surface area contributed by atoms with Crippen molar-refractivity contribution in [3.63, 3.8) is 0 Å². The summed E-state index contributed by atoms with van der Waals surface area (Å²) in [6, 6.07) is 3.43. The molecule has 24 heavy (non-hydrogen) atoms. The van der Waals surface area contributed by atoms with E-state index in [0.717, 1.165) is 0 Å². The molecule has 0 fully saturated rings. The van der Waals surface area contributed by atoms with Gasteiger partial charge in [-0.25, -0.2) is 0 Å². The smallest absolute Gasteiger partial charge is 0.331 e. The molecule has 0 aliphatic carbocycles. The number of hydrogen-bond donors (Lipinski definition) is 0. The summed E-state index contributed by atoms with van der Waals surface area (Å²) in [6.45, 7) is 12.6. The lowest BCUT2D eigenvalue weighted by Crippen LogP contribution is -2.28. The summed E-state index contributed by atoms with van der Waals surface area (Å²) in [7, 11) is 0. The van der Waals surface area contributed by atoms with Crippen molar-refractivity contribution < 1.29 is 19.0 Å². The van der Waals surface area contributed by atoms with Gasteiger partial charge in [0.1, 0.15) is 5.60 Å². The zero-order valence-corrected chi connectivity index (χ0v) is 15.3. The molecule has 1 atom stereocenters. The molecule has 1 unspecified atom stereocenters. The minimum atomic E-state index is -1.26. The average Bonchev–Trinajstić information content (AvgIpc) is 2.34. The standard InChI is InChI=1S/C17H25N3O4/c1-10(2)22-13-8-14(23-11(3)4)20-15(19-13)12(9-18)16(21)24-17(5,6)7/h8,10-12H,1-7H3. The highest BCUT2D eigenvalue weighted by molar-refractivity contribution is 5.80. The largest absolute Gasteiger partial charge is 0.475 e. The second-order valence-corrected chi connectivity index (χ2v) is 6.83. The van der Waals surface area contributed by atoms with E-state index in [1.807, 2.05) is 33.8 Å². The number of nitrogens with zero attached hydrogens (tertiary/aromatic N) is 3. The molecular formula is C17H25N3O4. The Balaban J connectivity index is 3.22. The van der Waals surface area contributed by atoms with Crippen LogP contribution in [0.5, 0.6) is 11.8 Å². The normalized spacial score (nSPS) is 12.7. The number of esters is 1. The van der Waals surface area contributed by atoms with Gasteiger partial charge < -0.3 is 14.2 Å². The van der Waals surface area contributed by atoms with Gasteiger partial charge in [0.05, 0.1) is 24.3 Å². The number of ether oxygens (including phenoxy) is 3. The van der Waals surface area contributed by atoms with Crippen LogP contribution in [-0.4, -0.2) is 33.7 Å². The quantitative estimate of drug-likeness (QED) is 0.737. The maximum Gasteiger partial charge on any atom is 0.331 e. The fourth-order valence-corrected chi connectivity index (χ4v) is 1.73. The molecule has 1 aromatic heterocycles. The number of aromatic nitrogens is 2. The van der Waals surface area contributed by atoms with Crippen molar-refractivity contribution in [3.8, 4) is 17.8 Å². The summed E-state index contributed by atoms with van der Waals surface area (Å²) in [4.78, 5) is 20.6. The van der Waals surface area contributed by atoms with Crippen molar-refractivity contribution in [2.75, 3.05) is 0 Å². The Morgan fingerprint density at radius 1 is 1.08 bits per heavy atom. The van der Waals surface area contributed by atoms with Gasteiger partial charge in [0.2, 0.25) is 17.7 Å². The second-order valence-electron chi connectivity index (χ2n) is 6.83. The monoisotopic (exact) mass is 335 g/mol. The molecule has 0 amide bonds. The lowest BCUT2D eigenvalue weighted by atomic mass is 10.1. The Morgan fingerprint density at radius 3 is 1.88 bits per heavy atom. The van der Waals surface area contributed by atoms with E-state index in [1.165, 1.54) is 6.07 Å². The van der Waals surface area contributed by atoms with Crippen LogP contribution in [0, 0.1) is 11.3 Å². The molecule has 7 heteroatoms. The van der Waals surface area contributed by atoms with E-state index in [-0.39, 0.29) is 29.8 Å². The third-order valence-electron chi connectivity index (χ3n) is 2.44. The molecule has 0 saturated carbocycles. The van der Waals surface area contributed by atoms with Gasteiger partial charge in [0.15, 0.2) is 5.82 Å². The third-order valence-corrected chi connectivity index (χ3v) is 2.44. The van der Waals surface area contributed by atoms with Gasteiger partial charge in [-0.1, -0.05) is 0 Å². The van der Waals surface area contributed by atoms with Crippen molar-refractivity contribution in [2.45, 2.75) is 72.2 Å². The highest BCUT2D eigenvalue weighted by Gasteiger charge is 2.30. The maximum atomic E-state index is 12.3. The topological polar surface area (TPSA) is 94.3 Å². The zero-order valence-electron chi connectivity index (χ0n) is 15.3. The van der Waals surface area contributed by atoms with Gasteiger partial charge in [-0.05, 0) is 48.5 Å². The minimum Gasteiger partial charge on any atom is -0.475 e. The van der Waals surface area contributed by atoms with Crippen LogP contribution in [0.25, 0.3) is 0 Å². The van der Waals surface area contributed by atoms with Crippen molar-refractivity contribution in [2.24, 2.45) is 0 Å². The molecule has 0 aliphatic heterocycles. The lowest BCUT2D eigenvalue weighted by Gasteiger charge is -2.21. The highest BCUT2D eigenvalue weighted by Crippen LogP contribution is 2.24. The first kappa shape index (κ1) is 19.7. The maximum absolute atomic E-state index is 12.3. The molecule has 1 heterocycles. The van der Waals surface area contributed by atoms with Crippen LogP contribution in [0.15, 0.2) is 6.07 Å². The molecule has 0 N–H and O–H groups in total. The van der Waals surface area contributed by atoms with E-state index in [1.54, 1.807) is 20.8 Å². The molecular weight excluding hydrogens is 310 g/mol. The summed E-state index contributed by atoms with van der Waals surface area (Å²) in [5.74, 6) is -1.47. The van der Waals surface area contributed by atoms with E-state index in [0.29, 0.717) is 0 Å². The van der Waals surface area contributed by atoms with E-state index in [9.17, 15) is 10.1 Å². The molecule has 0 aromatic carbocycles. The Morgan fingerprint density at radius 2 is 1.54 bits per heavy atom. The van der Waals surface area contributed by atoms with Crippen LogP contribution in [0.3, 0.4) is 0 Å². The Bertz CT molecular complexity index is 587. The van der Waals surface area contributed by atoms with Crippen molar-refractivity contribution >= 4 is 5.97 Å². The first-order chi connectivity index (χ1) is 11.0. The minimum absolute atomic E-state index is 0.000509. The Kier molecular flexibility index (Phi) is 6.52. The van der Waals surface area contributed by atoms with Gasteiger partial charge in [-0.3, -0.25) is 4.79 Å². The van der Waals surface area contributed by atoms with E-state index >= 15 is 0 Å². The Hall–Kier alpha value is -2.36. The summed E-state index contributed by atoms with van der Waals surface area (Å²) in [6.07, 6.45) is -0.247. The second kappa shape index (κ2) is 7.95. The predicted molar refractivity (Wildman–Crippen MR) is 87.8 cm³/mol. The van der Waals surface area contributed by atoms with Crippen LogP contribution < -0.4 is 9.47 Å². The van der Waals surface area contributed by atoms with Crippen LogP contribution >= 0.6 is 0 Å². The van der Waals surface area contributed by atoms with E-state index in [4.69, 9.17) is 14.2 Å². The molecule has 0 spiro atoms. The van der Waals surface area contributed by atoms with E-state index < -0.39 is 17.5 Å². The van der Waals surface area contributed by atoms with Gasteiger partial charge in [-0.2, -0.15) is 15.2 Å². The molecule has 0 radical (unpaired) electrons. The first-order valence-corrected chi connectivity index (χ1v) is 7.86. The van der Waals surface area contributed by atoms with Gasteiger partial charge >= 0.3 is 5.97 Å². The van der Waals surface area contributed by atoms with Crippen LogP contribution in [0.4, 0.5) is 0 Å². The first-order valence-electron chi connectivity index (χ1n) is 7.86. The van der Waals surface area contributed by atoms with Crippen LogP contribution in [-0.2, 0) is 9.53 Å². The fourth-order valence-electron chi connectivity index (χ4n) is 1.73. The van der Waals surface area contributed by atoms with Crippen LogP contribution in [0.1, 0.15) is 60.2 Å². The van der Waals surface area contributed by atoms with Crippen molar-refractivity contribution in [1.29, 1.82) is 5.26 Å². The predicted octanol–water partition coefficient (Wildman–Crippen LogP) is 3.00. The third kappa shape index (κ3) is 6.41. The molecule has 0 saturated heterocycles. The number of rotatable bonds is 6. The summed E-state index contributed by atoms with van der Waals surface area (Å²) < 4.78 is 16.4. The van der Waals surface area contributed by atoms with E-state index in [2.05, 4.69) is 9.97 Å². The number of hydrogen-bond acceptors (Lipinski definition) is 7. The highest BCUT2D eigenvalue weighted by atomic mass is 16.6. The summed E-state index contributed by atoms with van der Waals surface area (Å²) >= 11 is 0. The fraction of sp³-hybridized carbons (Fsp3) is 0.647. The lowest BCUT2D eigenvalue weighted by molar-refractivity contribution is -0.155. The molecule has 132 valence electrons. The van der Waals surface area contributed by atoms with Gasteiger partial charge in [0.25, 0.3) is 0 Å². The molecule has 7 nitrogen and oxygen atoms in total. The van der Waals surface area contributed by atoms with Crippen molar-refractivity contribution in [3.05, 3.63) is 11.9 Å². The molecule has 0 bridgehead atoms. The van der Waals surface area contributed by atoms with Crippen LogP contribution in [0.2, 0.25) is 0 Å². The SMILES string of the molecule is CC(C)Oc1cc(OC(C)C)nc(C(C#N)C(=O)OC(C)(C)C)n1. The average molecular weight is 335 g/mol. The number of carbonyl (C=O) groups is 1. The number of carbonyl (C=O) groups excluding carboxylic acids is 1. The molecule has 1 aromatic rings. The summed E-state index contributed by atoms with van der Waals surface area (Å²) in [5, 5.41) is 9.38. The number of nitriles is 1.